The average molecular weight is 292 g/mol. The van der Waals surface area contributed by atoms with Crippen LogP contribution in [0.3, 0.4) is 0 Å². The molecule has 0 aliphatic carbocycles. The predicted molar refractivity (Wildman–Crippen MR) is 79.3 cm³/mol. The first kappa shape index (κ1) is 14.0. The van der Waals surface area contributed by atoms with Gasteiger partial charge < -0.3 is 24.4 Å². The molecule has 6 nitrogen and oxygen atoms in total. The Kier molecular flexibility index (Phi) is 3.63. The highest BCUT2D eigenvalue weighted by molar-refractivity contribution is 5.99. The maximum absolute atomic E-state index is 12.4. The summed E-state index contributed by atoms with van der Waals surface area (Å²) in [6.45, 7) is 3.91. The van der Waals surface area contributed by atoms with Crippen LogP contribution in [0.25, 0.3) is 0 Å². The van der Waals surface area contributed by atoms with Crippen molar-refractivity contribution in [3.05, 3.63) is 12.1 Å². The number of carbonyl (C=O) groups excluding carboxylic acids is 1. The van der Waals surface area contributed by atoms with E-state index < -0.39 is 0 Å². The van der Waals surface area contributed by atoms with Crippen molar-refractivity contribution >= 4 is 17.3 Å². The first-order valence-corrected chi connectivity index (χ1v) is 7.10. The molecule has 21 heavy (non-hydrogen) atoms. The van der Waals surface area contributed by atoms with Gasteiger partial charge in [-0.25, -0.2) is 0 Å². The predicted octanol–water partition coefficient (Wildman–Crippen LogP) is 1.50. The molecule has 2 atom stereocenters. The molecule has 2 unspecified atom stereocenters. The van der Waals surface area contributed by atoms with Gasteiger partial charge in [-0.3, -0.25) is 4.79 Å². The molecule has 1 N–H and O–H groups in total. The van der Waals surface area contributed by atoms with E-state index in [0.29, 0.717) is 24.7 Å². The molecule has 2 heterocycles. The molecule has 1 aromatic carbocycles. The molecule has 114 valence electrons. The summed E-state index contributed by atoms with van der Waals surface area (Å²) in [6.07, 6.45) is 0. The van der Waals surface area contributed by atoms with Crippen LogP contribution < -0.4 is 19.7 Å². The van der Waals surface area contributed by atoms with Gasteiger partial charge in [-0.1, -0.05) is 0 Å². The Balaban J connectivity index is 2.12. The van der Waals surface area contributed by atoms with Gasteiger partial charge in [0, 0.05) is 18.7 Å². The molecule has 1 saturated heterocycles. The van der Waals surface area contributed by atoms with Crippen LogP contribution in [-0.4, -0.2) is 45.9 Å². The molecule has 0 aromatic heterocycles. The fourth-order valence-electron chi connectivity index (χ4n) is 3.12. The Morgan fingerprint density at radius 2 is 2.00 bits per heavy atom. The van der Waals surface area contributed by atoms with Gasteiger partial charge >= 0.3 is 0 Å². The second-order valence-electron chi connectivity index (χ2n) is 5.21. The zero-order valence-corrected chi connectivity index (χ0v) is 12.5. The van der Waals surface area contributed by atoms with E-state index in [1.54, 1.807) is 14.2 Å². The standard InChI is InChI=1S/C15H20N2O4/c1-4-17-11-6-14(20-3)13(19-2)5-10(11)16-15(18)9-7-21-8-12(9)17/h5-6,9,12H,4,7-8H2,1-3H3,(H,16,18). The van der Waals surface area contributed by atoms with Gasteiger partial charge in [0.25, 0.3) is 0 Å². The Morgan fingerprint density at radius 1 is 1.29 bits per heavy atom. The fourth-order valence-corrected chi connectivity index (χ4v) is 3.12. The number of hydrogen-bond acceptors (Lipinski definition) is 5. The van der Waals surface area contributed by atoms with Gasteiger partial charge in [-0.15, -0.1) is 0 Å². The lowest BCUT2D eigenvalue weighted by Crippen LogP contribution is -2.42. The van der Waals surface area contributed by atoms with Gasteiger partial charge in [0.15, 0.2) is 11.5 Å². The lowest BCUT2D eigenvalue weighted by Gasteiger charge is -2.30. The third-order valence-corrected chi connectivity index (χ3v) is 4.20. The SMILES string of the molecule is CCN1c2cc(OC)c(OC)cc2NC(=O)C2COCC21. The maximum atomic E-state index is 12.4. The van der Waals surface area contributed by atoms with E-state index >= 15 is 0 Å². The summed E-state index contributed by atoms with van der Waals surface area (Å²) in [5.41, 5.74) is 1.70. The second kappa shape index (κ2) is 5.44. The number of hydrogen-bond donors (Lipinski definition) is 1. The minimum absolute atomic E-state index is 0.00178. The molecule has 0 saturated carbocycles. The van der Waals surface area contributed by atoms with Crippen LogP contribution in [0.1, 0.15) is 6.92 Å². The van der Waals surface area contributed by atoms with E-state index in [1.165, 1.54) is 0 Å². The van der Waals surface area contributed by atoms with Crippen LogP contribution in [0.4, 0.5) is 11.4 Å². The zero-order valence-electron chi connectivity index (χ0n) is 12.5. The van der Waals surface area contributed by atoms with E-state index in [1.807, 2.05) is 12.1 Å². The summed E-state index contributed by atoms with van der Waals surface area (Å²) in [5, 5.41) is 2.99. The number of benzene rings is 1. The molecule has 1 fully saturated rings. The summed E-state index contributed by atoms with van der Waals surface area (Å²) < 4.78 is 16.2. The molecular formula is C15H20N2O4. The van der Waals surface area contributed by atoms with Crippen molar-refractivity contribution < 1.29 is 19.0 Å². The van der Waals surface area contributed by atoms with Crippen LogP contribution in [0.15, 0.2) is 12.1 Å². The summed E-state index contributed by atoms with van der Waals surface area (Å²) in [6, 6.07) is 3.80. The van der Waals surface area contributed by atoms with Gasteiger partial charge in [0.1, 0.15) is 0 Å². The maximum Gasteiger partial charge on any atom is 0.232 e. The van der Waals surface area contributed by atoms with E-state index in [2.05, 4.69) is 17.1 Å². The zero-order chi connectivity index (χ0) is 15.0. The highest BCUT2D eigenvalue weighted by atomic mass is 16.5. The van der Waals surface area contributed by atoms with Crippen LogP contribution in [0, 0.1) is 5.92 Å². The third kappa shape index (κ3) is 2.19. The van der Waals surface area contributed by atoms with Crippen molar-refractivity contribution in [3.63, 3.8) is 0 Å². The second-order valence-corrected chi connectivity index (χ2v) is 5.21. The average Bonchev–Trinajstić information content (AvgIpc) is 2.94. The third-order valence-electron chi connectivity index (χ3n) is 4.20. The van der Waals surface area contributed by atoms with Crippen molar-refractivity contribution in [1.82, 2.24) is 0 Å². The van der Waals surface area contributed by atoms with Gasteiger partial charge in [-0.05, 0) is 6.92 Å². The number of likely N-dealkylation sites (N-methyl/N-ethyl adjacent to an activating group) is 1. The topological polar surface area (TPSA) is 60.0 Å². The van der Waals surface area contributed by atoms with E-state index in [0.717, 1.165) is 17.9 Å². The summed E-state index contributed by atoms with van der Waals surface area (Å²) in [4.78, 5) is 14.6. The monoisotopic (exact) mass is 292 g/mol. The molecule has 2 aliphatic rings. The Morgan fingerprint density at radius 3 is 2.67 bits per heavy atom. The Hall–Kier alpha value is -1.95. The summed E-state index contributed by atoms with van der Waals surface area (Å²) >= 11 is 0. The number of fused-ring (bicyclic) bond motifs is 2. The van der Waals surface area contributed by atoms with Crippen LogP contribution in [-0.2, 0) is 9.53 Å². The molecule has 1 aromatic rings. The smallest absolute Gasteiger partial charge is 0.232 e. The lowest BCUT2D eigenvalue weighted by molar-refractivity contribution is -0.120. The molecule has 2 aliphatic heterocycles. The minimum atomic E-state index is -0.144. The fraction of sp³-hybridized carbons (Fsp3) is 0.533. The Bertz CT molecular complexity index is 561. The van der Waals surface area contributed by atoms with E-state index in [9.17, 15) is 4.79 Å². The molecule has 0 radical (unpaired) electrons. The largest absolute Gasteiger partial charge is 0.493 e. The van der Waals surface area contributed by atoms with Gasteiger partial charge in [0.2, 0.25) is 5.91 Å². The van der Waals surface area contributed by atoms with E-state index in [-0.39, 0.29) is 17.9 Å². The molecule has 6 heteroatoms. The number of nitrogens with zero attached hydrogens (tertiary/aromatic N) is 1. The van der Waals surface area contributed by atoms with Gasteiger partial charge in [-0.2, -0.15) is 0 Å². The van der Waals surface area contributed by atoms with Crippen molar-refractivity contribution in [3.8, 4) is 11.5 Å². The van der Waals surface area contributed by atoms with Crippen molar-refractivity contribution in [2.24, 2.45) is 5.92 Å². The van der Waals surface area contributed by atoms with E-state index in [4.69, 9.17) is 14.2 Å². The number of methoxy groups -OCH3 is 2. The highest BCUT2D eigenvalue weighted by Gasteiger charge is 2.41. The number of carbonyl (C=O) groups is 1. The number of ether oxygens (including phenoxy) is 3. The molecule has 3 rings (SSSR count). The Labute approximate surface area is 124 Å². The van der Waals surface area contributed by atoms with Crippen LogP contribution >= 0.6 is 0 Å². The molecular weight excluding hydrogens is 272 g/mol. The van der Waals surface area contributed by atoms with Crippen molar-refractivity contribution in [1.29, 1.82) is 0 Å². The first-order valence-electron chi connectivity index (χ1n) is 7.10. The summed E-state index contributed by atoms with van der Waals surface area (Å²) in [7, 11) is 3.19. The van der Waals surface area contributed by atoms with Gasteiger partial charge in [0.05, 0.1) is 50.8 Å². The highest BCUT2D eigenvalue weighted by Crippen LogP contribution is 2.42. The number of anilines is 2. The first-order chi connectivity index (χ1) is 10.2. The molecule has 1 amide bonds. The molecule has 0 bridgehead atoms. The lowest BCUT2D eigenvalue weighted by atomic mass is 10.0. The normalized spacial score (nSPS) is 24.0. The number of amides is 1. The van der Waals surface area contributed by atoms with Crippen LogP contribution in [0.2, 0.25) is 0 Å². The minimum Gasteiger partial charge on any atom is -0.493 e. The summed E-state index contributed by atoms with van der Waals surface area (Å²) in [5.74, 6) is 1.12. The number of nitrogens with one attached hydrogen (secondary N) is 1. The molecule has 0 spiro atoms. The number of rotatable bonds is 3. The van der Waals surface area contributed by atoms with Crippen molar-refractivity contribution in [2.45, 2.75) is 13.0 Å². The van der Waals surface area contributed by atoms with Crippen molar-refractivity contribution in [2.75, 3.05) is 44.2 Å². The van der Waals surface area contributed by atoms with Crippen LogP contribution in [0.5, 0.6) is 11.5 Å². The quantitative estimate of drug-likeness (QED) is 0.915.